The summed E-state index contributed by atoms with van der Waals surface area (Å²) in [5.41, 5.74) is 14.7. The average molecular weight is 817 g/mol. The number of fused-ring (bicyclic) bond motifs is 8. The first-order valence-electron chi connectivity index (χ1n) is 21.7. The molecule has 308 valence electrons. The molecule has 2 aliphatic carbocycles. The van der Waals surface area contributed by atoms with Crippen molar-refractivity contribution in [2.24, 2.45) is 0 Å². The fourth-order valence-corrected chi connectivity index (χ4v) is 10.0. The van der Waals surface area contributed by atoms with E-state index in [2.05, 4.69) is 93.0 Å². The van der Waals surface area contributed by atoms with Gasteiger partial charge in [-0.1, -0.05) is 60.7 Å². The molecule has 62 heavy (non-hydrogen) atoms. The molecule has 4 aromatic heterocycles. The summed E-state index contributed by atoms with van der Waals surface area (Å²) >= 11 is 0. The predicted molar refractivity (Wildman–Crippen MR) is 248 cm³/mol. The van der Waals surface area contributed by atoms with Crippen molar-refractivity contribution >= 4 is 43.6 Å². The van der Waals surface area contributed by atoms with Crippen molar-refractivity contribution in [2.45, 2.75) is 63.6 Å². The minimum atomic E-state index is 0.277. The van der Waals surface area contributed by atoms with Crippen LogP contribution in [0.15, 0.2) is 146 Å². The summed E-state index contributed by atoms with van der Waals surface area (Å²) in [5.74, 6) is 3.01. The van der Waals surface area contributed by atoms with Gasteiger partial charge in [0.2, 0.25) is 0 Å². The van der Waals surface area contributed by atoms with Gasteiger partial charge in [0.25, 0.3) is 0 Å². The third-order valence-electron chi connectivity index (χ3n) is 13.0. The van der Waals surface area contributed by atoms with Crippen molar-refractivity contribution in [3.63, 3.8) is 0 Å². The molecule has 0 saturated heterocycles. The maximum absolute atomic E-state index is 9.86. The largest absolute Gasteiger partial charge is 0.508 e. The summed E-state index contributed by atoms with van der Waals surface area (Å²) in [7, 11) is 0. The lowest BCUT2D eigenvalue weighted by Gasteiger charge is -2.22. The van der Waals surface area contributed by atoms with Crippen LogP contribution in [0.25, 0.3) is 43.6 Å². The van der Waals surface area contributed by atoms with E-state index >= 15 is 0 Å². The van der Waals surface area contributed by atoms with Crippen molar-refractivity contribution in [3.8, 4) is 23.0 Å². The van der Waals surface area contributed by atoms with Gasteiger partial charge in [-0.25, -0.2) is 0 Å². The SMILES string of the molecule is Oc1ccc2[nH]cc(C3CCCc4c3[nH]c3ccc(O)cc43)c2c1.c1ccc(COc2ccc3[nH]cc(C4CCCc5c4[nH]c4ccc(OCc6ccccc6)cc54)c3c2)cc1. The molecule has 2 atom stereocenters. The minimum absolute atomic E-state index is 0.277. The summed E-state index contributed by atoms with van der Waals surface area (Å²) in [6.07, 6.45) is 10.8. The van der Waals surface area contributed by atoms with Crippen molar-refractivity contribution < 1.29 is 19.7 Å². The van der Waals surface area contributed by atoms with Gasteiger partial charge in [0.05, 0.1) is 0 Å². The maximum Gasteiger partial charge on any atom is 0.120 e. The first-order chi connectivity index (χ1) is 30.5. The van der Waals surface area contributed by atoms with Crippen LogP contribution in [0.4, 0.5) is 0 Å². The Bertz CT molecular complexity index is 3190. The standard InChI is InChI=1S/C34H30N2O2.C20H18N2O2/c1-3-8-23(9-4-1)21-37-25-14-16-32-30(19-25)31(20-35-32)28-13-7-12-27-29-18-26(15-17-33(29)36-34(27)28)38-22-24-10-5-2-6-11-24;23-11-4-6-18-16(9-11)17(10-21-18)14-3-1-2-13-15-8-12(24)5-7-19(15)22-20(13)14/h1-6,8-11,14-20,28,35-36H,7,12-13,21-22H2;4-10,14,21-24H,1-3H2. The Morgan fingerprint density at radius 1 is 0.468 bits per heavy atom. The molecule has 0 saturated carbocycles. The van der Waals surface area contributed by atoms with Crippen molar-refractivity contribution in [3.05, 3.63) is 191 Å². The van der Waals surface area contributed by atoms with E-state index in [1.807, 2.05) is 60.7 Å². The molecule has 8 nitrogen and oxygen atoms in total. The van der Waals surface area contributed by atoms with Crippen LogP contribution in [0.3, 0.4) is 0 Å². The number of phenolic OH excluding ortho intramolecular Hbond substituents is 2. The number of ether oxygens (including phenoxy) is 2. The van der Waals surface area contributed by atoms with Crippen LogP contribution in [0, 0.1) is 0 Å². The van der Waals surface area contributed by atoms with Crippen LogP contribution in [-0.4, -0.2) is 30.1 Å². The molecule has 8 heteroatoms. The average Bonchev–Trinajstić information content (AvgIpc) is 4.11. The first-order valence-corrected chi connectivity index (χ1v) is 21.7. The molecule has 0 spiro atoms. The lowest BCUT2D eigenvalue weighted by Crippen LogP contribution is -2.10. The third kappa shape index (κ3) is 7.11. The quantitative estimate of drug-likeness (QED) is 0.0914. The lowest BCUT2D eigenvalue weighted by molar-refractivity contribution is 0.306. The highest BCUT2D eigenvalue weighted by atomic mass is 16.5. The molecule has 6 N–H and O–H groups in total. The van der Waals surface area contributed by atoms with Gasteiger partial charge in [-0.15, -0.1) is 0 Å². The predicted octanol–water partition coefficient (Wildman–Crippen LogP) is 12.8. The van der Waals surface area contributed by atoms with E-state index in [1.165, 1.54) is 61.1 Å². The summed E-state index contributed by atoms with van der Waals surface area (Å²) in [6.45, 7) is 1.14. The number of aromatic hydroxyl groups is 2. The number of hydrogen-bond acceptors (Lipinski definition) is 4. The van der Waals surface area contributed by atoms with Gasteiger partial charge in [-0.3, -0.25) is 0 Å². The molecule has 0 fully saturated rings. The van der Waals surface area contributed by atoms with E-state index in [1.54, 1.807) is 12.1 Å². The van der Waals surface area contributed by atoms with Crippen molar-refractivity contribution in [2.75, 3.05) is 0 Å². The molecule has 6 aromatic carbocycles. The Morgan fingerprint density at radius 2 is 0.903 bits per heavy atom. The lowest BCUT2D eigenvalue weighted by atomic mass is 9.82. The van der Waals surface area contributed by atoms with E-state index < -0.39 is 0 Å². The maximum atomic E-state index is 9.86. The number of aromatic nitrogens is 4. The highest BCUT2D eigenvalue weighted by molar-refractivity contribution is 5.90. The molecule has 2 aliphatic rings. The minimum Gasteiger partial charge on any atom is -0.508 e. The summed E-state index contributed by atoms with van der Waals surface area (Å²) in [5, 5.41) is 24.4. The second-order valence-electron chi connectivity index (χ2n) is 16.8. The van der Waals surface area contributed by atoms with Gasteiger partial charge >= 0.3 is 0 Å². The molecular weight excluding hydrogens is 769 g/mol. The summed E-state index contributed by atoms with van der Waals surface area (Å²) in [4.78, 5) is 14.2. The second-order valence-corrected chi connectivity index (χ2v) is 16.8. The molecule has 0 bridgehead atoms. The van der Waals surface area contributed by atoms with E-state index in [4.69, 9.17) is 9.47 Å². The van der Waals surface area contributed by atoms with Crippen molar-refractivity contribution in [1.29, 1.82) is 0 Å². The zero-order valence-corrected chi connectivity index (χ0v) is 34.4. The number of phenols is 2. The van der Waals surface area contributed by atoms with Gasteiger partial charge in [-0.05, 0) is 145 Å². The first kappa shape index (κ1) is 37.7. The van der Waals surface area contributed by atoms with E-state index in [0.717, 1.165) is 77.3 Å². The van der Waals surface area contributed by atoms with Gasteiger partial charge in [0.15, 0.2) is 0 Å². The second kappa shape index (κ2) is 15.9. The molecule has 12 rings (SSSR count). The monoisotopic (exact) mass is 816 g/mol. The number of aryl methyl sites for hydroxylation is 2. The number of rotatable bonds is 8. The Balaban J connectivity index is 0.000000154. The Kier molecular flexibility index (Phi) is 9.68. The van der Waals surface area contributed by atoms with Crippen LogP contribution in [0.1, 0.15) is 82.3 Å². The van der Waals surface area contributed by atoms with E-state index in [-0.39, 0.29) is 5.92 Å². The van der Waals surface area contributed by atoms with Crippen LogP contribution >= 0.6 is 0 Å². The van der Waals surface area contributed by atoms with Gasteiger partial charge in [0.1, 0.15) is 36.2 Å². The molecule has 10 aromatic rings. The smallest absolute Gasteiger partial charge is 0.120 e. The topological polar surface area (TPSA) is 122 Å². The Labute approximate surface area is 359 Å². The number of H-pyrrole nitrogens is 4. The zero-order chi connectivity index (χ0) is 41.6. The fourth-order valence-electron chi connectivity index (χ4n) is 10.0. The fraction of sp³-hybridized carbons (Fsp3) is 0.185. The molecule has 2 unspecified atom stereocenters. The number of hydrogen-bond donors (Lipinski definition) is 6. The molecule has 0 radical (unpaired) electrons. The van der Waals surface area contributed by atoms with Gasteiger partial charge in [0, 0.05) is 79.2 Å². The van der Waals surface area contributed by atoms with Gasteiger partial charge < -0.3 is 39.6 Å². The van der Waals surface area contributed by atoms with Crippen LogP contribution in [0.2, 0.25) is 0 Å². The molecule has 0 aliphatic heterocycles. The van der Waals surface area contributed by atoms with Crippen LogP contribution in [-0.2, 0) is 26.1 Å². The van der Waals surface area contributed by atoms with Crippen LogP contribution < -0.4 is 9.47 Å². The highest BCUT2D eigenvalue weighted by Gasteiger charge is 2.29. The summed E-state index contributed by atoms with van der Waals surface area (Å²) < 4.78 is 12.3. The third-order valence-corrected chi connectivity index (χ3v) is 13.0. The number of aromatic amines is 4. The van der Waals surface area contributed by atoms with Crippen molar-refractivity contribution in [1.82, 2.24) is 19.9 Å². The molecule has 4 heterocycles. The van der Waals surface area contributed by atoms with E-state index in [9.17, 15) is 10.2 Å². The van der Waals surface area contributed by atoms with E-state index in [0.29, 0.717) is 30.6 Å². The summed E-state index contributed by atoms with van der Waals surface area (Å²) in [6, 6.07) is 44.5. The number of benzene rings is 6. The van der Waals surface area contributed by atoms with Gasteiger partial charge in [-0.2, -0.15) is 0 Å². The molecule has 0 amide bonds. The zero-order valence-electron chi connectivity index (χ0n) is 34.4. The Morgan fingerprint density at radius 3 is 1.45 bits per heavy atom. The normalized spacial score (nSPS) is 15.9. The molecular formula is C54H48N4O4. The van der Waals surface area contributed by atoms with Crippen LogP contribution in [0.5, 0.6) is 23.0 Å². The Hall–Kier alpha value is -7.32. The number of nitrogens with one attached hydrogen (secondary N) is 4. The highest BCUT2D eigenvalue weighted by Crippen LogP contribution is 2.45.